The number of aromatic nitrogens is 2. The van der Waals surface area contributed by atoms with Crippen molar-refractivity contribution >= 4 is 68.2 Å². The molecule has 2 N–H and O–H groups in total. The molecule has 32 heavy (non-hydrogen) atoms. The van der Waals surface area contributed by atoms with Crippen molar-refractivity contribution in [2.75, 3.05) is 12.4 Å². The summed E-state index contributed by atoms with van der Waals surface area (Å²) in [5, 5.41) is 13.3. The number of fused-ring (bicyclic) bond motifs is 1. The first-order chi connectivity index (χ1) is 14.9. The van der Waals surface area contributed by atoms with E-state index in [1.165, 1.54) is 17.3 Å². The van der Waals surface area contributed by atoms with Gasteiger partial charge in [-0.2, -0.15) is 0 Å². The monoisotopic (exact) mass is 542 g/mol. The molecule has 2 aromatic heterocycles. The normalized spacial score (nSPS) is 11.5. The van der Waals surface area contributed by atoms with E-state index in [1.807, 2.05) is 0 Å². The first-order valence-electron chi connectivity index (χ1n) is 9.45. The minimum Gasteiger partial charge on any atom is -0.478 e. The zero-order chi connectivity index (χ0) is 23.8. The number of imidazole rings is 1. The molecule has 0 atom stereocenters. The van der Waals surface area contributed by atoms with Gasteiger partial charge in [-0.1, -0.05) is 39.1 Å². The van der Waals surface area contributed by atoms with Crippen LogP contribution in [0.1, 0.15) is 36.8 Å². The number of carbonyl (C=O) groups is 2. The number of carboxylic acid groups (broad SMARTS) is 1. The molecule has 0 aliphatic carbocycles. The largest absolute Gasteiger partial charge is 0.478 e. The summed E-state index contributed by atoms with van der Waals surface area (Å²) in [6.07, 6.45) is 2.42. The maximum Gasteiger partial charge on any atom is 0.410 e. The molecule has 0 spiro atoms. The second-order valence-corrected chi connectivity index (χ2v) is 9.77. The molecular weight excluding hydrogens is 523 g/mol. The van der Waals surface area contributed by atoms with Crippen molar-refractivity contribution in [3.63, 3.8) is 0 Å². The lowest BCUT2D eigenvalue weighted by molar-refractivity contribution is 0.0282. The topological polar surface area (TPSA) is 96.2 Å². The van der Waals surface area contributed by atoms with Crippen LogP contribution in [-0.4, -0.2) is 44.1 Å². The van der Waals surface area contributed by atoms with Gasteiger partial charge in [0.25, 0.3) is 0 Å². The number of rotatable bonds is 5. The number of ether oxygens (including phenoxy) is 1. The summed E-state index contributed by atoms with van der Waals surface area (Å²) in [5.41, 5.74) is 0.819. The van der Waals surface area contributed by atoms with Crippen molar-refractivity contribution < 1.29 is 19.4 Å². The van der Waals surface area contributed by atoms with Crippen LogP contribution in [0.15, 0.2) is 35.1 Å². The minimum absolute atomic E-state index is 0.0827. The van der Waals surface area contributed by atoms with E-state index in [-0.39, 0.29) is 22.8 Å². The minimum atomic E-state index is -1.19. The molecule has 0 fully saturated rings. The van der Waals surface area contributed by atoms with Crippen LogP contribution in [0.2, 0.25) is 10.0 Å². The summed E-state index contributed by atoms with van der Waals surface area (Å²) in [5.74, 6) is -1.19. The van der Waals surface area contributed by atoms with Gasteiger partial charge in [-0.15, -0.1) is 0 Å². The fraction of sp³-hybridized carbons (Fsp3) is 0.286. The summed E-state index contributed by atoms with van der Waals surface area (Å²) >= 11 is 16.2. The first-order valence-corrected chi connectivity index (χ1v) is 11.0. The summed E-state index contributed by atoms with van der Waals surface area (Å²) in [6.45, 7) is 5.46. The highest BCUT2D eigenvalue weighted by molar-refractivity contribution is 9.10. The molecule has 1 aromatic carbocycles. The van der Waals surface area contributed by atoms with Crippen molar-refractivity contribution in [1.29, 1.82) is 0 Å². The average Bonchev–Trinajstić information content (AvgIpc) is 3.07. The Morgan fingerprint density at radius 2 is 2.00 bits per heavy atom. The number of amides is 1. The van der Waals surface area contributed by atoms with Crippen LogP contribution in [-0.2, 0) is 11.3 Å². The molecule has 2 heterocycles. The number of nitrogens with zero attached hydrogens (tertiary/aromatic N) is 3. The van der Waals surface area contributed by atoms with E-state index in [9.17, 15) is 14.7 Å². The van der Waals surface area contributed by atoms with Gasteiger partial charge in [0.15, 0.2) is 5.65 Å². The Bertz CT molecular complexity index is 1210. The number of halogens is 3. The van der Waals surface area contributed by atoms with Crippen molar-refractivity contribution in [2.45, 2.75) is 32.9 Å². The quantitative estimate of drug-likeness (QED) is 0.397. The van der Waals surface area contributed by atoms with Crippen molar-refractivity contribution in [1.82, 2.24) is 14.3 Å². The fourth-order valence-corrected chi connectivity index (χ4v) is 3.91. The summed E-state index contributed by atoms with van der Waals surface area (Å²) in [6, 6.07) is 5.14. The highest BCUT2D eigenvalue weighted by atomic mass is 79.9. The molecule has 8 nitrogen and oxygen atoms in total. The van der Waals surface area contributed by atoms with Gasteiger partial charge in [-0.05, 0) is 39.0 Å². The molecular formula is C21H21BrCl2N4O4. The summed E-state index contributed by atoms with van der Waals surface area (Å²) in [4.78, 5) is 30.0. The highest BCUT2D eigenvalue weighted by Gasteiger charge is 2.23. The summed E-state index contributed by atoms with van der Waals surface area (Å²) < 4.78 is 7.68. The third kappa shape index (κ3) is 5.28. The Labute approximate surface area is 203 Å². The van der Waals surface area contributed by atoms with Gasteiger partial charge >= 0.3 is 12.1 Å². The predicted molar refractivity (Wildman–Crippen MR) is 127 cm³/mol. The number of pyridine rings is 1. The van der Waals surface area contributed by atoms with Gasteiger partial charge in [0.05, 0.1) is 34.8 Å². The molecule has 1 amide bonds. The van der Waals surface area contributed by atoms with E-state index in [4.69, 9.17) is 27.9 Å². The molecule has 170 valence electrons. The van der Waals surface area contributed by atoms with Crippen LogP contribution in [0.25, 0.3) is 5.65 Å². The number of carboxylic acids is 1. The standard InChI is InChI=1S/C21H21BrCl2N4O4/c1-21(2,3)32-20(31)27(4)9-12-8-25-18-16(24)17(13(19(29)30)10-28(12)18)26-15-6-5-11(22)7-14(15)23/h5-8,10,26H,9H2,1-4H3,(H,29,30). The average molecular weight is 544 g/mol. The molecule has 0 bridgehead atoms. The third-order valence-corrected chi connectivity index (χ3v) is 5.51. The lowest BCUT2D eigenvalue weighted by Crippen LogP contribution is -2.34. The molecule has 0 aliphatic rings. The second kappa shape index (κ2) is 9.17. The molecule has 0 saturated carbocycles. The Balaban J connectivity index is 2.01. The van der Waals surface area contributed by atoms with Crippen LogP contribution in [0.5, 0.6) is 0 Å². The van der Waals surface area contributed by atoms with Gasteiger partial charge in [-0.25, -0.2) is 14.6 Å². The van der Waals surface area contributed by atoms with Crippen LogP contribution >= 0.6 is 39.1 Å². The molecule has 3 rings (SSSR count). The SMILES string of the molecule is CN(Cc1cnc2c(Cl)c(Nc3ccc(Br)cc3Cl)c(C(=O)O)cn12)C(=O)OC(C)(C)C. The fourth-order valence-electron chi connectivity index (χ4n) is 2.90. The smallest absolute Gasteiger partial charge is 0.410 e. The third-order valence-electron chi connectivity index (χ3n) is 4.34. The Kier molecular flexibility index (Phi) is 6.92. The number of hydrogen-bond donors (Lipinski definition) is 2. The zero-order valence-corrected chi connectivity index (χ0v) is 20.8. The van der Waals surface area contributed by atoms with Gasteiger partial charge in [0, 0.05) is 17.7 Å². The van der Waals surface area contributed by atoms with Crippen LogP contribution < -0.4 is 5.32 Å². The number of aromatic carboxylic acids is 1. The second-order valence-electron chi connectivity index (χ2n) is 8.07. The maximum atomic E-state index is 12.3. The Hall–Kier alpha value is -2.49. The van der Waals surface area contributed by atoms with Gasteiger partial charge in [0.1, 0.15) is 16.2 Å². The van der Waals surface area contributed by atoms with E-state index < -0.39 is 17.7 Å². The molecule has 0 saturated heterocycles. The maximum absolute atomic E-state index is 12.3. The molecule has 0 aliphatic heterocycles. The van der Waals surface area contributed by atoms with Crippen LogP contribution in [0.3, 0.4) is 0 Å². The van der Waals surface area contributed by atoms with Crippen LogP contribution in [0.4, 0.5) is 16.2 Å². The van der Waals surface area contributed by atoms with E-state index in [2.05, 4.69) is 26.2 Å². The van der Waals surface area contributed by atoms with Crippen molar-refractivity contribution in [3.05, 3.63) is 56.4 Å². The van der Waals surface area contributed by atoms with Crippen molar-refractivity contribution in [2.24, 2.45) is 0 Å². The van der Waals surface area contributed by atoms with Gasteiger partial charge in [-0.3, -0.25) is 4.40 Å². The van der Waals surface area contributed by atoms with E-state index >= 15 is 0 Å². The van der Waals surface area contributed by atoms with Gasteiger partial charge < -0.3 is 20.1 Å². The first kappa shape index (κ1) is 24.2. The summed E-state index contributed by atoms with van der Waals surface area (Å²) in [7, 11) is 1.58. The number of anilines is 2. The Morgan fingerprint density at radius 1 is 1.31 bits per heavy atom. The van der Waals surface area contributed by atoms with Crippen LogP contribution in [0, 0.1) is 0 Å². The van der Waals surface area contributed by atoms with E-state index in [1.54, 1.807) is 50.4 Å². The van der Waals surface area contributed by atoms with E-state index in [0.717, 1.165) is 4.47 Å². The molecule has 3 aromatic rings. The zero-order valence-electron chi connectivity index (χ0n) is 17.7. The lowest BCUT2D eigenvalue weighted by atomic mass is 10.2. The highest BCUT2D eigenvalue weighted by Crippen LogP contribution is 2.36. The predicted octanol–water partition coefficient (Wildman–Crippen LogP) is 6.21. The molecule has 11 heteroatoms. The number of nitrogens with one attached hydrogen (secondary N) is 1. The lowest BCUT2D eigenvalue weighted by Gasteiger charge is -2.24. The molecule has 0 radical (unpaired) electrons. The number of benzene rings is 1. The number of hydrogen-bond acceptors (Lipinski definition) is 5. The molecule has 0 unspecified atom stereocenters. The Morgan fingerprint density at radius 3 is 2.59 bits per heavy atom. The number of carbonyl (C=O) groups excluding carboxylic acids is 1. The van der Waals surface area contributed by atoms with Gasteiger partial charge in [0.2, 0.25) is 0 Å². The van der Waals surface area contributed by atoms with Crippen molar-refractivity contribution in [3.8, 4) is 0 Å². The van der Waals surface area contributed by atoms with E-state index in [0.29, 0.717) is 22.1 Å².